The third-order valence-electron chi connectivity index (χ3n) is 8.19. The summed E-state index contributed by atoms with van der Waals surface area (Å²) in [7, 11) is -2.68. The van der Waals surface area contributed by atoms with Gasteiger partial charge in [-0.05, 0) is 72.5 Å². The van der Waals surface area contributed by atoms with Crippen molar-refractivity contribution in [1.82, 2.24) is 10.2 Å². The molecule has 1 aliphatic rings. The smallest absolute Gasteiger partial charge is 0.264 e. The van der Waals surface area contributed by atoms with Crippen molar-refractivity contribution in [3.8, 4) is 5.75 Å². The van der Waals surface area contributed by atoms with Gasteiger partial charge >= 0.3 is 0 Å². The second-order valence-electron chi connectivity index (χ2n) is 11.4. The Morgan fingerprint density at radius 3 is 2.13 bits per heavy atom. The van der Waals surface area contributed by atoms with Crippen molar-refractivity contribution in [3.63, 3.8) is 0 Å². The Labute approximate surface area is 279 Å². The van der Waals surface area contributed by atoms with Gasteiger partial charge in [0.1, 0.15) is 18.3 Å². The number of nitrogens with one attached hydrogen (secondary N) is 1. The number of sulfonamides is 1. The first-order valence-electron chi connectivity index (χ1n) is 15.3. The minimum Gasteiger partial charge on any atom is -0.497 e. The van der Waals surface area contributed by atoms with Crippen LogP contribution in [0.5, 0.6) is 5.75 Å². The van der Waals surface area contributed by atoms with E-state index in [1.165, 1.54) is 24.1 Å². The van der Waals surface area contributed by atoms with Crippen LogP contribution < -0.4 is 14.4 Å². The van der Waals surface area contributed by atoms with Gasteiger partial charge in [0, 0.05) is 23.5 Å². The van der Waals surface area contributed by atoms with Crippen LogP contribution in [-0.4, -0.2) is 50.9 Å². The first-order valence-corrected chi connectivity index (χ1v) is 17.6. The fourth-order valence-electron chi connectivity index (χ4n) is 5.75. The van der Waals surface area contributed by atoms with E-state index in [2.05, 4.69) is 21.2 Å². The molecule has 1 saturated carbocycles. The minimum absolute atomic E-state index is 0.0169. The number of amides is 2. The van der Waals surface area contributed by atoms with Crippen LogP contribution >= 0.6 is 15.9 Å². The molecule has 5 rings (SSSR count). The van der Waals surface area contributed by atoms with Gasteiger partial charge < -0.3 is 15.0 Å². The van der Waals surface area contributed by atoms with Crippen LogP contribution in [0.15, 0.2) is 119 Å². The lowest BCUT2D eigenvalue weighted by Gasteiger charge is -2.34. The number of carbonyl (C=O) groups excluding carboxylic acids is 2. The van der Waals surface area contributed by atoms with Crippen LogP contribution in [0.3, 0.4) is 0 Å². The second kappa shape index (κ2) is 15.4. The molecule has 240 valence electrons. The monoisotopic (exact) mass is 703 g/mol. The van der Waals surface area contributed by atoms with Gasteiger partial charge in [-0.25, -0.2) is 8.42 Å². The quantitative estimate of drug-likeness (QED) is 0.175. The first kappa shape index (κ1) is 33.2. The SMILES string of the molecule is COc1ccc(S(=O)(=O)N(CC(=O)N(Cc2cccc(Br)c2)[C@@H](Cc2ccccc2)C(=O)NC2CCCC2)c2ccccc2)cc1. The zero-order valence-electron chi connectivity index (χ0n) is 25.7. The third kappa shape index (κ3) is 8.35. The minimum atomic E-state index is -4.19. The number of rotatable bonds is 13. The molecule has 46 heavy (non-hydrogen) atoms. The summed E-state index contributed by atoms with van der Waals surface area (Å²) < 4.78 is 35.5. The van der Waals surface area contributed by atoms with Gasteiger partial charge in [0.05, 0.1) is 17.7 Å². The van der Waals surface area contributed by atoms with Crippen molar-refractivity contribution in [2.24, 2.45) is 0 Å². The molecule has 0 aliphatic heterocycles. The number of halogens is 1. The molecule has 0 spiro atoms. The molecule has 0 bridgehead atoms. The van der Waals surface area contributed by atoms with Crippen LogP contribution in [0, 0.1) is 0 Å². The molecule has 0 saturated heterocycles. The Morgan fingerprint density at radius 1 is 0.870 bits per heavy atom. The van der Waals surface area contributed by atoms with Crippen molar-refractivity contribution >= 4 is 43.5 Å². The number of hydrogen-bond acceptors (Lipinski definition) is 5. The average molecular weight is 705 g/mol. The van der Waals surface area contributed by atoms with Gasteiger partial charge in [-0.1, -0.05) is 89.4 Å². The van der Waals surface area contributed by atoms with E-state index in [1.54, 1.807) is 42.5 Å². The summed E-state index contributed by atoms with van der Waals surface area (Å²) in [4.78, 5) is 30.2. The molecule has 1 aliphatic carbocycles. The number of anilines is 1. The van der Waals surface area contributed by atoms with E-state index in [1.807, 2.05) is 54.6 Å². The highest BCUT2D eigenvalue weighted by molar-refractivity contribution is 9.10. The van der Waals surface area contributed by atoms with Crippen molar-refractivity contribution in [2.75, 3.05) is 18.0 Å². The summed E-state index contributed by atoms with van der Waals surface area (Å²) in [5.74, 6) is -0.231. The van der Waals surface area contributed by atoms with Gasteiger partial charge in [-0.2, -0.15) is 0 Å². The summed E-state index contributed by atoms with van der Waals surface area (Å²) in [6.07, 6.45) is 4.15. The van der Waals surface area contributed by atoms with Gasteiger partial charge in [0.25, 0.3) is 10.0 Å². The molecule has 8 nitrogen and oxygen atoms in total. The standard InChI is InChI=1S/C36H38BrN3O5S/c1-45-32-19-21-33(22-20-32)46(43,44)40(31-17-6-3-7-18-31)26-35(41)39(25-28-13-10-14-29(37)23-28)34(24-27-11-4-2-5-12-27)36(42)38-30-15-8-9-16-30/h2-7,10-14,17-23,30,34H,8-9,15-16,24-26H2,1H3,(H,38,42)/t34-/m0/s1. The Balaban J connectivity index is 1.55. The number of nitrogens with zero attached hydrogens (tertiary/aromatic N) is 2. The van der Waals surface area contributed by atoms with Gasteiger partial charge in [0.2, 0.25) is 11.8 Å². The highest BCUT2D eigenvalue weighted by Crippen LogP contribution is 2.27. The Kier molecular flexibility index (Phi) is 11.1. The van der Waals surface area contributed by atoms with E-state index in [-0.39, 0.29) is 29.8 Å². The summed E-state index contributed by atoms with van der Waals surface area (Å²) >= 11 is 3.52. The van der Waals surface area contributed by atoms with Crippen molar-refractivity contribution in [2.45, 2.75) is 55.6 Å². The molecular weight excluding hydrogens is 666 g/mol. The van der Waals surface area contributed by atoms with Crippen molar-refractivity contribution in [1.29, 1.82) is 0 Å². The predicted molar refractivity (Wildman–Crippen MR) is 183 cm³/mol. The number of carbonyl (C=O) groups is 2. The maximum atomic E-state index is 14.6. The van der Waals surface area contributed by atoms with Crippen molar-refractivity contribution in [3.05, 3.63) is 125 Å². The molecule has 0 heterocycles. The highest BCUT2D eigenvalue weighted by Gasteiger charge is 2.35. The predicted octanol–water partition coefficient (Wildman–Crippen LogP) is 6.35. The average Bonchev–Trinajstić information content (AvgIpc) is 3.59. The lowest BCUT2D eigenvalue weighted by molar-refractivity contribution is -0.140. The topological polar surface area (TPSA) is 96.0 Å². The van der Waals surface area contributed by atoms with Gasteiger partial charge in [-0.3, -0.25) is 13.9 Å². The van der Waals surface area contributed by atoms with Crippen LogP contribution in [0.1, 0.15) is 36.8 Å². The molecule has 4 aromatic rings. The fourth-order valence-corrected chi connectivity index (χ4v) is 7.61. The highest BCUT2D eigenvalue weighted by atomic mass is 79.9. The summed E-state index contributed by atoms with van der Waals surface area (Å²) in [6.45, 7) is -0.395. The lowest BCUT2D eigenvalue weighted by Crippen LogP contribution is -2.54. The zero-order valence-corrected chi connectivity index (χ0v) is 28.1. The number of ether oxygens (including phenoxy) is 1. The largest absolute Gasteiger partial charge is 0.497 e. The Morgan fingerprint density at radius 2 is 1.50 bits per heavy atom. The summed E-state index contributed by atoms with van der Waals surface area (Å²) in [6, 6.07) is 30.9. The van der Waals surface area contributed by atoms with Crippen LogP contribution in [-0.2, 0) is 32.6 Å². The molecule has 2 amide bonds. The van der Waals surface area contributed by atoms with Crippen LogP contribution in [0.2, 0.25) is 0 Å². The molecule has 10 heteroatoms. The molecule has 4 aromatic carbocycles. The third-order valence-corrected chi connectivity index (χ3v) is 10.5. The first-order chi connectivity index (χ1) is 22.2. The maximum absolute atomic E-state index is 14.6. The number of para-hydroxylation sites is 1. The van der Waals surface area contributed by atoms with E-state index in [9.17, 15) is 18.0 Å². The van der Waals surface area contributed by atoms with E-state index in [0.717, 1.165) is 45.6 Å². The van der Waals surface area contributed by atoms with E-state index in [4.69, 9.17) is 4.74 Å². The van der Waals surface area contributed by atoms with E-state index in [0.29, 0.717) is 11.4 Å². The molecule has 1 atom stereocenters. The van der Waals surface area contributed by atoms with Gasteiger partial charge in [-0.15, -0.1) is 0 Å². The fraction of sp³-hybridized carbons (Fsp3) is 0.278. The van der Waals surface area contributed by atoms with Crippen LogP contribution in [0.4, 0.5) is 5.69 Å². The molecule has 1 N–H and O–H groups in total. The van der Waals surface area contributed by atoms with Gasteiger partial charge in [0.15, 0.2) is 0 Å². The molecule has 0 radical (unpaired) electrons. The molecular formula is C36H38BrN3O5S. The Bertz CT molecular complexity index is 1710. The Hall–Kier alpha value is -4.15. The lowest BCUT2D eigenvalue weighted by atomic mass is 10.0. The summed E-state index contributed by atoms with van der Waals surface area (Å²) in [5.41, 5.74) is 2.04. The second-order valence-corrected chi connectivity index (χ2v) is 14.1. The normalized spacial score (nSPS) is 14.0. The van der Waals surface area contributed by atoms with E-state index < -0.39 is 28.5 Å². The molecule has 1 fully saturated rings. The molecule has 0 aromatic heterocycles. The molecule has 0 unspecified atom stereocenters. The maximum Gasteiger partial charge on any atom is 0.264 e. The zero-order chi connectivity index (χ0) is 32.5. The number of benzene rings is 4. The van der Waals surface area contributed by atoms with E-state index >= 15 is 0 Å². The van der Waals surface area contributed by atoms with Crippen LogP contribution in [0.25, 0.3) is 0 Å². The summed E-state index contributed by atoms with van der Waals surface area (Å²) in [5, 5.41) is 3.20. The van der Waals surface area contributed by atoms with Crippen molar-refractivity contribution < 1.29 is 22.7 Å². The number of hydrogen-bond donors (Lipinski definition) is 1. The number of methoxy groups -OCH3 is 1.